The van der Waals surface area contributed by atoms with Crippen LogP contribution in [0.4, 0.5) is 0 Å². The molecule has 0 unspecified atom stereocenters. The molecule has 6 nitrogen and oxygen atoms in total. The number of aromatic nitrogens is 1. The van der Waals surface area contributed by atoms with Gasteiger partial charge in [0.15, 0.2) is 11.5 Å². The Morgan fingerprint density at radius 2 is 1.83 bits per heavy atom. The second-order valence-corrected chi connectivity index (χ2v) is 5.09. The molecule has 0 atom stereocenters. The molecule has 1 N–H and O–H groups in total. The van der Waals surface area contributed by atoms with E-state index in [1.54, 1.807) is 24.5 Å². The third-order valence-electron chi connectivity index (χ3n) is 3.43. The van der Waals surface area contributed by atoms with Crippen LogP contribution < -0.4 is 14.9 Å². The van der Waals surface area contributed by atoms with Crippen molar-refractivity contribution in [2.75, 3.05) is 13.2 Å². The van der Waals surface area contributed by atoms with Crippen LogP contribution in [-0.2, 0) is 0 Å². The molecule has 0 saturated heterocycles. The van der Waals surface area contributed by atoms with Crippen LogP contribution in [0, 0.1) is 0 Å². The minimum Gasteiger partial charge on any atom is -0.490 e. The van der Waals surface area contributed by atoms with Crippen LogP contribution in [0.5, 0.6) is 11.5 Å². The molecule has 1 amide bonds. The monoisotopic (exact) mass is 311 g/mol. The highest BCUT2D eigenvalue weighted by Crippen LogP contribution is 2.30. The number of benzene rings is 1. The number of nitrogens with zero attached hydrogens (tertiary/aromatic N) is 2. The van der Waals surface area contributed by atoms with E-state index in [4.69, 9.17) is 9.47 Å². The zero-order valence-corrected chi connectivity index (χ0v) is 12.8. The summed E-state index contributed by atoms with van der Waals surface area (Å²) in [7, 11) is 0. The fraction of sp³-hybridized carbons (Fsp3) is 0.235. The summed E-state index contributed by atoms with van der Waals surface area (Å²) in [6.07, 6.45) is 3.99. The second kappa shape index (κ2) is 6.91. The third-order valence-corrected chi connectivity index (χ3v) is 3.43. The molecular formula is C17H17N3O3. The summed E-state index contributed by atoms with van der Waals surface area (Å²) < 4.78 is 11.3. The number of hydrogen-bond acceptors (Lipinski definition) is 5. The molecule has 0 fully saturated rings. The van der Waals surface area contributed by atoms with Crippen LogP contribution in [0.3, 0.4) is 0 Å². The van der Waals surface area contributed by atoms with E-state index in [0.29, 0.717) is 30.2 Å². The van der Waals surface area contributed by atoms with Gasteiger partial charge in [0.2, 0.25) is 0 Å². The van der Waals surface area contributed by atoms with Gasteiger partial charge in [-0.2, -0.15) is 5.10 Å². The van der Waals surface area contributed by atoms with E-state index in [0.717, 1.165) is 17.7 Å². The van der Waals surface area contributed by atoms with Gasteiger partial charge in [-0.3, -0.25) is 9.78 Å². The molecule has 1 aromatic heterocycles. The van der Waals surface area contributed by atoms with Gasteiger partial charge >= 0.3 is 0 Å². The van der Waals surface area contributed by atoms with Crippen LogP contribution in [0.2, 0.25) is 0 Å². The quantitative estimate of drug-likeness (QED) is 0.698. The van der Waals surface area contributed by atoms with E-state index >= 15 is 0 Å². The van der Waals surface area contributed by atoms with Gasteiger partial charge in [-0.05, 0) is 37.3 Å². The molecule has 1 aliphatic heterocycles. The number of rotatable bonds is 3. The minimum atomic E-state index is -0.277. The Morgan fingerprint density at radius 1 is 1.09 bits per heavy atom. The van der Waals surface area contributed by atoms with E-state index in [9.17, 15) is 4.79 Å². The van der Waals surface area contributed by atoms with E-state index < -0.39 is 0 Å². The van der Waals surface area contributed by atoms with Gasteiger partial charge in [0.1, 0.15) is 0 Å². The Morgan fingerprint density at radius 3 is 2.61 bits per heavy atom. The smallest absolute Gasteiger partial charge is 0.271 e. The van der Waals surface area contributed by atoms with Gasteiger partial charge < -0.3 is 9.47 Å². The average Bonchev–Trinajstić information content (AvgIpc) is 2.84. The van der Waals surface area contributed by atoms with Crippen molar-refractivity contribution in [3.8, 4) is 11.5 Å². The molecule has 0 saturated carbocycles. The molecule has 118 valence electrons. The Balaban J connectivity index is 1.73. The molecular weight excluding hydrogens is 294 g/mol. The van der Waals surface area contributed by atoms with Crippen LogP contribution >= 0.6 is 0 Å². The molecule has 23 heavy (non-hydrogen) atoms. The maximum atomic E-state index is 12.0. The summed E-state index contributed by atoms with van der Waals surface area (Å²) in [5.74, 6) is 1.16. The summed E-state index contributed by atoms with van der Waals surface area (Å²) in [6, 6.07) is 8.89. The second-order valence-electron chi connectivity index (χ2n) is 5.09. The zero-order chi connectivity index (χ0) is 16.1. The first-order valence-corrected chi connectivity index (χ1v) is 7.39. The Labute approximate surface area is 134 Å². The van der Waals surface area contributed by atoms with Gasteiger partial charge in [-0.25, -0.2) is 5.43 Å². The van der Waals surface area contributed by atoms with Crippen LogP contribution in [0.25, 0.3) is 0 Å². The minimum absolute atomic E-state index is 0.277. The first-order valence-electron chi connectivity index (χ1n) is 7.39. The van der Waals surface area contributed by atoms with Crippen molar-refractivity contribution in [2.45, 2.75) is 13.3 Å². The molecule has 2 heterocycles. The van der Waals surface area contributed by atoms with Gasteiger partial charge in [-0.1, -0.05) is 0 Å². The van der Waals surface area contributed by atoms with Gasteiger partial charge in [0, 0.05) is 29.9 Å². The normalized spacial score (nSPS) is 14.0. The number of nitrogens with one attached hydrogen (secondary N) is 1. The Bertz CT molecular complexity index is 729. The number of amides is 1. The molecule has 6 heteroatoms. The number of hydrogen-bond donors (Lipinski definition) is 1. The molecule has 0 spiro atoms. The Hall–Kier alpha value is -2.89. The number of fused-ring (bicyclic) bond motifs is 1. The lowest BCUT2D eigenvalue weighted by molar-refractivity contribution is 0.0954. The maximum Gasteiger partial charge on any atom is 0.271 e. The number of carbonyl (C=O) groups is 1. The average molecular weight is 311 g/mol. The Kier molecular flexibility index (Phi) is 4.52. The first-order chi connectivity index (χ1) is 11.2. The predicted molar refractivity (Wildman–Crippen MR) is 86.0 cm³/mol. The lowest BCUT2D eigenvalue weighted by Gasteiger charge is -2.09. The summed E-state index contributed by atoms with van der Waals surface area (Å²) in [6.45, 7) is 3.11. The highest BCUT2D eigenvalue weighted by atomic mass is 16.5. The molecule has 0 radical (unpaired) electrons. The van der Waals surface area contributed by atoms with E-state index in [1.165, 1.54) is 0 Å². The lowest BCUT2D eigenvalue weighted by atomic mass is 10.1. The zero-order valence-electron chi connectivity index (χ0n) is 12.8. The SMILES string of the molecule is C/C(=N/NC(=O)c1ccncc1)c1ccc2c(c1)OCCCO2. The first kappa shape index (κ1) is 15.0. The molecule has 3 rings (SSSR count). The maximum absolute atomic E-state index is 12.0. The number of pyridine rings is 1. The summed E-state index contributed by atoms with van der Waals surface area (Å²) in [5.41, 5.74) is 4.60. The molecule has 1 aromatic carbocycles. The molecule has 2 aromatic rings. The highest BCUT2D eigenvalue weighted by molar-refractivity contribution is 6.01. The van der Waals surface area contributed by atoms with E-state index in [2.05, 4.69) is 15.5 Å². The van der Waals surface area contributed by atoms with E-state index in [1.807, 2.05) is 25.1 Å². The lowest BCUT2D eigenvalue weighted by Crippen LogP contribution is -2.19. The fourth-order valence-corrected chi connectivity index (χ4v) is 2.16. The van der Waals surface area contributed by atoms with Crippen molar-refractivity contribution < 1.29 is 14.3 Å². The fourth-order valence-electron chi connectivity index (χ4n) is 2.16. The predicted octanol–water partition coefficient (Wildman–Crippen LogP) is 2.40. The van der Waals surface area contributed by atoms with Crippen molar-refractivity contribution >= 4 is 11.6 Å². The van der Waals surface area contributed by atoms with Gasteiger partial charge in [-0.15, -0.1) is 0 Å². The van der Waals surface area contributed by atoms with Crippen LogP contribution in [0.15, 0.2) is 47.8 Å². The molecule has 1 aliphatic rings. The van der Waals surface area contributed by atoms with Crippen LogP contribution in [0.1, 0.15) is 29.3 Å². The third kappa shape index (κ3) is 3.66. The number of ether oxygens (including phenoxy) is 2. The summed E-state index contributed by atoms with van der Waals surface area (Å²) in [4.78, 5) is 15.8. The topological polar surface area (TPSA) is 72.8 Å². The molecule has 0 bridgehead atoms. The van der Waals surface area contributed by atoms with Crippen molar-refractivity contribution in [3.05, 3.63) is 53.9 Å². The number of carbonyl (C=O) groups excluding carboxylic acids is 1. The van der Waals surface area contributed by atoms with Gasteiger partial charge in [0.25, 0.3) is 5.91 Å². The standard InChI is InChI=1S/C17H17N3O3/c1-12(19-20-17(21)13-5-7-18-8-6-13)14-3-4-15-16(11-14)23-10-2-9-22-15/h3-8,11H,2,9-10H2,1H3,(H,20,21)/b19-12-. The van der Waals surface area contributed by atoms with Crippen molar-refractivity contribution in [2.24, 2.45) is 5.10 Å². The largest absolute Gasteiger partial charge is 0.490 e. The van der Waals surface area contributed by atoms with Crippen molar-refractivity contribution in [3.63, 3.8) is 0 Å². The summed E-state index contributed by atoms with van der Waals surface area (Å²) in [5, 5.41) is 4.14. The van der Waals surface area contributed by atoms with Crippen LogP contribution in [-0.4, -0.2) is 29.8 Å². The highest BCUT2D eigenvalue weighted by Gasteiger charge is 2.12. The number of hydrazone groups is 1. The van der Waals surface area contributed by atoms with E-state index in [-0.39, 0.29) is 5.91 Å². The molecule has 0 aliphatic carbocycles. The summed E-state index contributed by atoms with van der Waals surface area (Å²) >= 11 is 0. The van der Waals surface area contributed by atoms with Crippen molar-refractivity contribution in [1.82, 2.24) is 10.4 Å². The van der Waals surface area contributed by atoms with Gasteiger partial charge in [0.05, 0.1) is 18.9 Å². The van der Waals surface area contributed by atoms with Crippen molar-refractivity contribution in [1.29, 1.82) is 0 Å².